The molecule has 3 rings (SSSR count). The van der Waals surface area contributed by atoms with Gasteiger partial charge in [-0.1, -0.05) is 61.4 Å². The maximum absolute atomic E-state index is 14.0. The molecule has 8 nitrogen and oxygen atoms in total. The van der Waals surface area contributed by atoms with Crippen LogP contribution < -0.4 is 14.4 Å². The van der Waals surface area contributed by atoms with E-state index in [0.29, 0.717) is 12.3 Å². The highest BCUT2D eigenvalue weighted by Gasteiger charge is 2.32. The van der Waals surface area contributed by atoms with Gasteiger partial charge in [0, 0.05) is 19.2 Å². The third kappa shape index (κ3) is 7.63. The van der Waals surface area contributed by atoms with E-state index in [9.17, 15) is 18.0 Å². The molecule has 0 aliphatic rings. The van der Waals surface area contributed by atoms with Gasteiger partial charge in [-0.2, -0.15) is 0 Å². The molecule has 3 aromatic rings. The molecule has 0 radical (unpaired) electrons. The highest BCUT2D eigenvalue weighted by molar-refractivity contribution is 7.92. The van der Waals surface area contributed by atoms with Crippen LogP contribution in [0.1, 0.15) is 43.4 Å². The van der Waals surface area contributed by atoms with E-state index in [4.69, 9.17) is 4.74 Å². The SMILES string of the molecule is CCCCNC(=O)[C@H](C)N(Cc1ccccc1C)C(=O)CN(c1cccc(OC)c1)S(=O)(=O)c1ccc(C)cc1. The Kier molecular flexibility index (Phi) is 10.7. The number of carbonyl (C=O) groups excluding carboxylic acids is 2. The second-order valence-electron chi connectivity index (χ2n) is 9.79. The fourth-order valence-corrected chi connectivity index (χ4v) is 5.63. The minimum Gasteiger partial charge on any atom is -0.497 e. The van der Waals surface area contributed by atoms with Gasteiger partial charge in [-0.15, -0.1) is 0 Å². The zero-order valence-corrected chi connectivity index (χ0v) is 24.7. The first-order valence-electron chi connectivity index (χ1n) is 13.4. The van der Waals surface area contributed by atoms with Crippen LogP contribution in [-0.4, -0.2) is 51.4 Å². The predicted molar refractivity (Wildman–Crippen MR) is 158 cm³/mol. The van der Waals surface area contributed by atoms with Crippen molar-refractivity contribution >= 4 is 27.5 Å². The van der Waals surface area contributed by atoms with Crippen LogP contribution in [0.3, 0.4) is 0 Å². The molecule has 1 atom stereocenters. The van der Waals surface area contributed by atoms with Crippen molar-refractivity contribution in [2.24, 2.45) is 0 Å². The summed E-state index contributed by atoms with van der Waals surface area (Å²) in [5, 5.41) is 2.90. The first-order chi connectivity index (χ1) is 19.1. The number of sulfonamides is 1. The highest BCUT2D eigenvalue weighted by atomic mass is 32.2. The Hall–Kier alpha value is -3.85. The smallest absolute Gasteiger partial charge is 0.264 e. The van der Waals surface area contributed by atoms with Gasteiger partial charge in [0.25, 0.3) is 10.0 Å². The van der Waals surface area contributed by atoms with E-state index in [1.807, 2.05) is 45.0 Å². The van der Waals surface area contributed by atoms with Gasteiger partial charge in [0.1, 0.15) is 18.3 Å². The number of hydrogen-bond acceptors (Lipinski definition) is 5. The number of aryl methyl sites for hydroxylation is 2. The first-order valence-corrected chi connectivity index (χ1v) is 14.9. The molecule has 9 heteroatoms. The summed E-state index contributed by atoms with van der Waals surface area (Å²) >= 11 is 0. The molecule has 0 spiro atoms. The summed E-state index contributed by atoms with van der Waals surface area (Å²) in [6.07, 6.45) is 1.75. The van der Waals surface area contributed by atoms with E-state index < -0.39 is 28.5 Å². The van der Waals surface area contributed by atoms with E-state index in [-0.39, 0.29) is 23.0 Å². The molecule has 2 amide bonds. The van der Waals surface area contributed by atoms with Crippen LogP contribution in [0.15, 0.2) is 77.7 Å². The van der Waals surface area contributed by atoms with Crippen LogP contribution in [0.25, 0.3) is 0 Å². The number of anilines is 1. The third-order valence-electron chi connectivity index (χ3n) is 6.83. The van der Waals surface area contributed by atoms with Crippen molar-refractivity contribution in [2.75, 3.05) is 24.5 Å². The van der Waals surface area contributed by atoms with E-state index in [1.54, 1.807) is 43.3 Å². The van der Waals surface area contributed by atoms with Crippen LogP contribution in [0.2, 0.25) is 0 Å². The van der Waals surface area contributed by atoms with Gasteiger partial charge in [0.2, 0.25) is 11.8 Å². The van der Waals surface area contributed by atoms with Crippen molar-refractivity contribution in [1.29, 1.82) is 0 Å². The van der Waals surface area contributed by atoms with Gasteiger partial charge in [-0.05, 0) is 62.6 Å². The van der Waals surface area contributed by atoms with Crippen LogP contribution in [0, 0.1) is 13.8 Å². The molecule has 214 valence electrons. The van der Waals surface area contributed by atoms with Gasteiger partial charge in [0.15, 0.2) is 0 Å². The molecule has 0 heterocycles. The van der Waals surface area contributed by atoms with E-state index in [0.717, 1.165) is 33.8 Å². The Morgan fingerprint density at radius 2 is 1.68 bits per heavy atom. The van der Waals surface area contributed by atoms with Crippen LogP contribution >= 0.6 is 0 Å². The fraction of sp³-hybridized carbons (Fsp3) is 0.355. The number of hydrogen-bond donors (Lipinski definition) is 1. The molecule has 0 unspecified atom stereocenters. The fourth-order valence-electron chi connectivity index (χ4n) is 4.22. The Balaban J connectivity index is 2.03. The Morgan fingerprint density at radius 1 is 0.975 bits per heavy atom. The largest absolute Gasteiger partial charge is 0.497 e. The van der Waals surface area contributed by atoms with Gasteiger partial charge in [-0.3, -0.25) is 13.9 Å². The molecule has 0 aromatic heterocycles. The summed E-state index contributed by atoms with van der Waals surface area (Å²) in [5.41, 5.74) is 3.04. The second-order valence-corrected chi connectivity index (χ2v) is 11.7. The molecule has 0 aliphatic carbocycles. The van der Waals surface area contributed by atoms with Crippen molar-refractivity contribution in [2.45, 2.75) is 58.0 Å². The van der Waals surface area contributed by atoms with E-state index in [1.165, 1.54) is 24.1 Å². The summed E-state index contributed by atoms with van der Waals surface area (Å²) in [7, 11) is -2.65. The lowest BCUT2D eigenvalue weighted by molar-refractivity contribution is -0.139. The highest BCUT2D eigenvalue weighted by Crippen LogP contribution is 2.28. The van der Waals surface area contributed by atoms with Crippen LogP contribution in [-0.2, 0) is 26.2 Å². The Labute approximate surface area is 238 Å². The molecule has 0 saturated heterocycles. The van der Waals surface area contributed by atoms with Crippen LogP contribution in [0.5, 0.6) is 5.75 Å². The molecular formula is C31H39N3O5S. The second kappa shape index (κ2) is 14.0. The summed E-state index contributed by atoms with van der Waals surface area (Å²) in [4.78, 5) is 28.6. The number of amides is 2. The number of unbranched alkanes of at least 4 members (excludes halogenated alkanes) is 1. The quantitative estimate of drug-likeness (QED) is 0.299. The average Bonchev–Trinajstić information content (AvgIpc) is 2.95. The molecule has 40 heavy (non-hydrogen) atoms. The number of nitrogens with one attached hydrogen (secondary N) is 1. The number of benzene rings is 3. The lowest BCUT2D eigenvalue weighted by Crippen LogP contribution is -2.51. The molecule has 0 aliphatic heterocycles. The Morgan fingerprint density at radius 3 is 2.33 bits per heavy atom. The van der Waals surface area contributed by atoms with Crippen molar-refractivity contribution in [1.82, 2.24) is 10.2 Å². The van der Waals surface area contributed by atoms with Crippen molar-refractivity contribution in [3.63, 3.8) is 0 Å². The monoisotopic (exact) mass is 565 g/mol. The number of nitrogens with zero attached hydrogens (tertiary/aromatic N) is 2. The zero-order valence-electron chi connectivity index (χ0n) is 23.9. The summed E-state index contributed by atoms with van der Waals surface area (Å²) in [6.45, 7) is 7.67. The lowest BCUT2D eigenvalue weighted by Gasteiger charge is -2.32. The van der Waals surface area contributed by atoms with Gasteiger partial charge >= 0.3 is 0 Å². The number of carbonyl (C=O) groups is 2. The summed E-state index contributed by atoms with van der Waals surface area (Å²) < 4.78 is 34.3. The minimum atomic E-state index is -4.14. The van der Waals surface area contributed by atoms with Crippen molar-refractivity contribution in [3.05, 3.63) is 89.5 Å². The lowest BCUT2D eigenvalue weighted by atomic mass is 10.1. The van der Waals surface area contributed by atoms with E-state index >= 15 is 0 Å². The van der Waals surface area contributed by atoms with Crippen molar-refractivity contribution < 1.29 is 22.7 Å². The number of rotatable bonds is 13. The molecule has 1 N–H and O–H groups in total. The van der Waals surface area contributed by atoms with Gasteiger partial charge in [0.05, 0.1) is 17.7 Å². The summed E-state index contributed by atoms with van der Waals surface area (Å²) in [5.74, 6) is -0.334. The normalized spacial score (nSPS) is 11.9. The Bertz CT molecular complexity index is 1410. The topological polar surface area (TPSA) is 96.0 Å². The average molecular weight is 566 g/mol. The number of methoxy groups -OCH3 is 1. The standard InChI is InChI=1S/C31H39N3O5S/c1-6-7-19-32-31(36)25(4)33(21-26-12-9-8-11-24(26)3)30(35)22-34(27-13-10-14-28(20-27)39-5)40(37,38)29-17-15-23(2)16-18-29/h8-18,20,25H,6-7,19,21-22H2,1-5H3,(H,32,36)/t25-/m0/s1. The maximum Gasteiger partial charge on any atom is 0.264 e. The zero-order chi connectivity index (χ0) is 29.3. The third-order valence-corrected chi connectivity index (χ3v) is 8.62. The molecular weight excluding hydrogens is 526 g/mol. The summed E-state index contributed by atoms with van der Waals surface area (Å²) in [6, 6.07) is 19.9. The number of ether oxygens (including phenoxy) is 1. The van der Waals surface area contributed by atoms with Gasteiger partial charge in [-0.25, -0.2) is 8.42 Å². The first kappa shape index (κ1) is 30.7. The molecule has 0 saturated carbocycles. The van der Waals surface area contributed by atoms with Crippen LogP contribution in [0.4, 0.5) is 5.69 Å². The molecule has 0 bridgehead atoms. The van der Waals surface area contributed by atoms with E-state index in [2.05, 4.69) is 5.32 Å². The minimum absolute atomic E-state index is 0.0598. The molecule has 0 fully saturated rings. The van der Waals surface area contributed by atoms with Gasteiger partial charge < -0.3 is 15.0 Å². The predicted octanol–water partition coefficient (Wildman–Crippen LogP) is 4.84. The molecule has 3 aromatic carbocycles. The van der Waals surface area contributed by atoms with Crippen molar-refractivity contribution in [3.8, 4) is 5.75 Å². The maximum atomic E-state index is 14.0.